The molecule has 6 nitrogen and oxygen atoms in total. The van der Waals surface area contributed by atoms with Crippen LogP contribution in [0.15, 0.2) is 66.0 Å². The minimum atomic E-state index is -0.218. The van der Waals surface area contributed by atoms with Gasteiger partial charge in [-0.1, -0.05) is 54.9 Å². The third kappa shape index (κ3) is 5.32. The molecule has 0 saturated carbocycles. The number of nitrogens with zero attached hydrogens (tertiary/aromatic N) is 5. The highest BCUT2D eigenvalue weighted by molar-refractivity contribution is 7.10. The predicted octanol–water partition coefficient (Wildman–Crippen LogP) is 6.33. The van der Waals surface area contributed by atoms with E-state index in [9.17, 15) is 0 Å². The van der Waals surface area contributed by atoms with Crippen LogP contribution in [0.4, 0.5) is 0 Å². The van der Waals surface area contributed by atoms with Gasteiger partial charge in [-0.25, -0.2) is 4.68 Å². The predicted molar refractivity (Wildman–Crippen MR) is 137 cm³/mol. The number of thiophene rings is 1. The number of hydrogen-bond acceptors (Lipinski definition) is 6. The smallest absolute Gasteiger partial charge is 0.174 e. The van der Waals surface area contributed by atoms with Crippen molar-refractivity contribution in [3.8, 4) is 5.75 Å². The number of hydrogen-bond donors (Lipinski definition) is 0. The Bertz CT molecular complexity index is 1190. The van der Waals surface area contributed by atoms with Crippen molar-refractivity contribution >= 4 is 22.9 Å². The molecule has 0 aliphatic rings. The molecule has 1 atom stereocenters. The van der Waals surface area contributed by atoms with Crippen molar-refractivity contribution < 1.29 is 4.74 Å². The number of aromatic nitrogens is 4. The molecule has 8 heteroatoms. The molecular weight excluding hydrogens is 466 g/mol. The van der Waals surface area contributed by atoms with Gasteiger partial charge in [0.05, 0.1) is 12.6 Å². The standard InChI is InChI=1S/C26H30ClN5OS/c1-5-26(2,3)32-25(28-29-30-32)24(23-11-8-16-34-23)31(18-20-9-6-7-10-22(20)27)17-19-12-14-21(33-4)15-13-19/h6-16,24H,5,17-18H2,1-4H3. The van der Waals surface area contributed by atoms with E-state index in [1.807, 2.05) is 35.0 Å². The zero-order valence-corrected chi connectivity index (χ0v) is 21.6. The fraction of sp³-hybridized carbons (Fsp3) is 0.346. The second-order valence-electron chi connectivity index (χ2n) is 8.88. The first-order chi connectivity index (χ1) is 16.4. The van der Waals surface area contributed by atoms with Gasteiger partial charge in [0.15, 0.2) is 5.82 Å². The van der Waals surface area contributed by atoms with Crippen molar-refractivity contribution in [3.63, 3.8) is 0 Å². The van der Waals surface area contributed by atoms with Crippen LogP contribution in [-0.4, -0.2) is 32.2 Å². The van der Waals surface area contributed by atoms with Gasteiger partial charge in [-0.3, -0.25) is 4.90 Å². The summed E-state index contributed by atoms with van der Waals surface area (Å²) in [6.45, 7) is 7.83. The molecule has 4 aromatic rings. The third-order valence-corrected chi connectivity index (χ3v) is 7.52. The zero-order valence-electron chi connectivity index (χ0n) is 20.0. The summed E-state index contributed by atoms with van der Waals surface area (Å²) < 4.78 is 7.33. The Hall–Kier alpha value is -2.74. The van der Waals surface area contributed by atoms with E-state index in [2.05, 4.69) is 76.9 Å². The number of benzene rings is 2. The molecule has 2 heterocycles. The highest BCUT2D eigenvalue weighted by atomic mass is 35.5. The number of tetrazole rings is 1. The van der Waals surface area contributed by atoms with Crippen LogP contribution in [0.5, 0.6) is 5.75 Å². The molecule has 2 aromatic carbocycles. The van der Waals surface area contributed by atoms with Gasteiger partial charge in [0, 0.05) is 23.0 Å². The van der Waals surface area contributed by atoms with Gasteiger partial charge in [-0.2, -0.15) is 0 Å². The van der Waals surface area contributed by atoms with E-state index < -0.39 is 0 Å². The largest absolute Gasteiger partial charge is 0.497 e. The van der Waals surface area contributed by atoms with Gasteiger partial charge in [0.25, 0.3) is 0 Å². The maximum absolute atomic E-state index is 6.61. The summed E-state index contributed by atoms with van der Waals surface area (Å²) in [5, 5.41) is 15.9. The fourth-order valence-corrected chi connectivity index (χ4v) is 4.96. The summed E-state index contributed by atoms with van der Waals surface area (Å²) >= 11 is 8.32. The molecule has 0 spiro atoms. The first-order valence-electron chi connectivity index (χ1n) is 11.4. The summed E-state index contributed by atoms with van der Waals surface area (Å²) in [6, 6.07) is 20.3. The van der Waals surface area contributed by atoms with E-state index in [4.69, 9.17) is 16.3 Å². The minimum absolute atomic E-state index is 0.140. The van der Waals surface area contributed by atoms with Crippen LogP contribution in [0.3, 0.4) is 0 Å². The van der Waals surface area contributed by atoms with Gasteiger partial charge in [-0.15, -0.1) is 16.4 Å². The summed E-state index contributed by atoms with van der Waals surface area (Å²) in [7, 11) is 1.68. The summed E-state index contributed by atoms with van der Waals surface area (Å²) in [4.78, 5) is 3.58. The maximum atomic E-state index is 6.61. The molecular formula is C26H30ClN5OS. The van der Waals surface area contributed by atoms with Crippen LogP contribution in [-0.2, 0) is 18.6 Å². The molecule has 0 bridgehead atoms. The number of methoxy groups -OCH3 is 1. The quantitative estimate of drug-likeness (QED) is 0.257. The number of rotatable bonds is 10. The van der Waals surface area contributed by atoms with Crippen LogP contribution in [0.2, 0.25) is 5.02 Å². The van der Waals surface area contributed by atoms with Crippen LogP contribution in [0.25, 0.3) is 0 Å². The second-order valence-corrected chi connectivity index (χ2v) is 10.3. The average Bonchev–Trinajstić information content (AvgIpc) is 3.55. The SMILES string of the molecule is CCC(C)(C)n1nnnc1C(c1cccs1)N(Cc1ccc(OC)cc1)Cc1ccccc1Cl. The molecule has 4 rings (SSSR count). The molecule has 0 aliphatic carbocycles. The lowest BCUT2D eigenvalue weighted by Gasteiger charge is -2.33. The fourth-order valence-electron chi connectivity index (χ4n) is 3.91. The Morgan fingerprint density at radius 1 is 1.06 bits per heavy atom. The van der Waals surface area contributed by atoms with Crippen LogP contribution in [0, 0.1) is 0 Å². The molecule has 34 heavy (non-hydrogen) atoms. The molecule has 1 unspecified atom stereocenters. The van der Waals surface area contributed by atoms with Crippen LogP contribution in [0.1, 0.15) is 55.1 Å². The number of ether oxygens (including phenoxy) is 1. The second kappa shape index (κ2) is 10.7. The van der Waals surface area contributed by atoms with Crippen molar-refractivity contribution in [2.75, 3.05) is 7.11 Å². The zero-order chi connectivity index (χ0) is 24.1. The highest BCUT2D eigenvalue weighted by Gasteiger charge is 2.33. The molecule has 0 aliphatic heterocycles. The van der Waals surface area contributed by atoms with Crippen molar-refractivity contribution in [3.05, 3.63) is 92.9 Å². The lowest BCUT2D eigenvalue weighted by Crippen LogP contribution is -2.35. The van der Waals surface area contributed by atoms with E-state index in [1.54, 1.807) is 18.4 Å². The van der Waals surface area contributed by atoms with Gasteiger partial charge in [0.1, 0.15) is 11.8 Å². The van der Waals surface area contributed by atoms with Crippen molar-refractivity contribution in [2.24, 2.45) is 0 Å². The van der Waals surface area contributed by atoms with Crippen molar-refractivity contribution in [1.82, 2.24) is 25.1 Å². The molecule has 0 saturated heterocycles. The Kier molecular flexibility index (Phi) is 7.66. The summed E-state index contributed by atoms with van der Waals surface area (Å²) in [5.74, 6) is 1.67. The molecule has 0 radical (unpaired) electrons. The Balaban J connectivity index is 1.81. The lowest BCUT2D eigenvalue weighted by molar-refractivity contribution is 0.183. The van der Waals surface area contributed by atoms with Crippen LogP contribution < -0.4 is 4.74 Å². The molecule has 0 fully saturated rings. The highest BCUT2D eigenvalue weighted by Crippen LogP contribution is 2.36. The molecule has 0 N–H and O–H groups in total. The van der Waals surface area contributed by atoms with Gasteiger partial charge < -0.3 is 4.74 Å². The first kappa shape index (κ1) is 24.4. The van der Waals surface area contributed by atoms with Crippen LogP contribution >= 0.6 is 22.9 Å². The Morgan fingerprint density at radius 3 is 2.47 bits per heavy atom. The molecule has 0 amide bonds. The Labute approximate surface area is 210 Å². The molecule has 178 valence electrons. The first-order valence-corrected chi connectivity index (χ1v) is 12.6. The van der Waals surface area contributed by atoms with E-state index in [0.29, 0.717) is 13.1 Å². The number of halogens is 1. The normalized spacial score (nSPS) is 12.8. The summed E-state index contributed by atoms with van der Waals surface area (Å²) in [6.07, 6.45) is 0.908. The summed E-state index contributed by atoms with van der Waals surface area (Å²) in [5.41, 5.74) is 2.01. The topological polar surface area (TPSA) is 56.1 Å². The lowest BCUT2D eigenvalue weighted by atomic mass is 10.0. The molecule has 2 aromatic heterocycles. The Morgan fingerprint density at radius 2 is 1.82 bits per heavy atom. The minimum Gasteiger partial charge on any atom is -0.497 e. The van der Waals surface area contributed by atoms with E-state index >= 15 is 0 Å². The monoisotopic (exact) mass is 495 g/mol. The van der Waals surface area contributed by atoms with E-state index in [-0.39, 0.29) is 11.6 Å². The van der Waals surface area contributed by atoms with Crippen molar-refractivity contribution in [2.45, 2.75) is 51.9 Å². The van der Waals surface area contributed by atoms with Gasteiger partial charge in [0.2, 0.25) is 0 Å². The maximum Gasteiger partial charge on any atom is 0.174 e. The van der Waals surface area contributed by atoms with Crippen molar-refractivity contribution in [1.29, 1.82) is 0 Å². The average molecular weight is 496 g/mol. The van der Waals surface area contributed by atoms with E-state index in [1.165, 1.54) is 10.4 Å². The van der Waals surface area contributed by atoms with Gasteiger partial charge >= 0.3 is 0 Å². The van der Waals surface area contributed by atoms with E-state index in [0.717, 1.165) is 28.6 Å². The van der Waals surface area contributed by atoms with Gasteiger partial charge in [-0.05, 0) is 71.5 Å². The third-order valence-electron chi connectivity index (χ3n) is 6.23.